The number of hydrogen-bond donors (Lipinski definition) is 2. The van der Waals surface area contributed by atoms with Crippen LogP contribution in [-0.4, -0.2) is 44.2 Å². The SMILES string of the molecule is CC(C)c1nc(CN2CCC[C@H](c3cc(C(N)=O)n[nH]3)C2)no1. The van der Waals surface area contributed by atoms with Gasteiger partial charge in [0.15, 0.2) is 5.82 Å². The lowest BCUT2D eigenvalue weighted by Gasteiger charge is -2.31. The number of nitrogens with zero attached hydrogens (tertiary/aromatic N) is 4. The van der Waals surface area contributed by atoms with Crippen molar-refractivity contribution in [1.82, 2.24) is 25.2 Å². The molecule has 8 nitrogen and oxygen atoms in total. The normalized spacial score (nSPS) is 19.3. The zero-order valence-corrected chi connectivity index (χ0v) is 13.5. The van der Waals surface area contributed by atoms with Crippen molar-refractivity contribution in [3.8, 4) is 0 Å². The minimum Gasteiger partial charge on any atom is -0.364 e. The van der Waals surface area contributed by atoms with Crippen LogP contribution in [0.4, 0.5) is 0 Å². The average molecular weight is 318 g/mol. The number of amides is 1. The molecule has 8 heteroatoms. The molecule has 0 aromatic carbocycles. The molecule has 3 N–H and O–H groups in total. The summed E-state index contributed by atoms with van der Waals surface area (Å²) in [5, 5.41) is 10.9. The summed E-state index contributed by atoms with van der Waals surface area (Å²) in [4.78, 5) is 17.9. The van der Waals surface area contributed by atoms with E-state index in [1.54, 1.807) is 6.07 Å². The molecule has 1 aliphatic heterocycles. The Morgan fingerprint density at radius 3 is 3.04 bits per heavy atom. The first-order valence-electron chi connectivity index (χ1n) is 7.93. The molecule has 1 aliphatic rings. The molecule has 0 spiro atoms. The maximum atomic E-state index is 11.2. The molecule has 2 aromatic rings. The summed E-state index contributed by atoms with van der Waals surface area (Å²) in [6, 6.07) is 1.75. The van der Waals surface area contributed by atoms with Crippen LogP contribution in [0.15, 0.2) is 10.6 Å². The number of primary amides is 1. The Bertz CT molecular complexity index is 677. The summed E-state index contributed by atoms with van der Waals surface area (Å²) in [6.07, 6.45) is 2.13. The van der Waals surface area contributed by atoms with Gasteiger partial charge < -0.3 is 10.3 Å². The van der Waals surface area contributed by atoms with Crippen LogP contribution in [0.25, 0.3) is 0 Å². The monoisotopic (exact) mass is 318 g/mol. The molecular formula is C15H22N6O2. The minimum absolute atomic E-state index is 0.238. The van der Waals surface area contributed by atoms with E-state index >= 15 is 0 Å². The number of aromatic nitrogens is 4. The Morgan fingerprint density at radius 2 is 2.39 bits per heavy atom. The summed E-state index contributed by atoms with van der Waals surface area (Å²) in [6.45, 7) is 6.60. The van der Waals surface area contributed by atoms with Crippen molar-refractivity contribution >= 4 is 5.91 Å². The van der Waals surface area contributed by atoms with E-state index in [0.29, 0.717) is 18.4 Å². The van der Waals surface area contributed by atoms with Gasteiger partial charge in [-0.2, -0.15) is 10.1 Å². The van der Waals surface area contributed by atoms with Crippen molar-refractivity contribution in [1.29, 1.82) is 0 Å². The van der Waals surface area contributed by atoms with E-state index in [9.17, 15) is 4.79 Å². The molecule has 2 aromatic heterocycles. The number of likely N-dealkylation sites (tertiary alicyclic amines) is 1. The van der Waals surface area contributed by atoms with E-state index in [-0.39, 0.29) is 11.6 Å². The Morgan fingerprint density at radius 1 is 1.57 bits per heavy atom. The zero-order valence-electron chi connectivity index (χ0n) is 13.5. The van der Waals surface area contributed by atoms with Crippen LogP contribution >= 0.6 is 0 Å². The van der Waals surface area contributed by atoms with Crippen LogP contribution in [0.5, 0.6) is 0 Å². The maximum Gasteiger partial charge on any atom is 0.269 e. The molecule has 1 atom stereocenters. The third-order valence-corrected chi connectivity index (χ3v) is 4.14. The van der Waals surface area contributed by atoms with Crippen molar-refractivity contribution in [2.75, 3.05) is 13.1 Å². The van der Waals surface area contributed by atoms with Crippen LogP contribution in [0.1, 0.15) is 66.4 Å². The molecule has 3 rings (SSSR count). The molecule has 1 fully saturated rings. The van der Waals surface area contributed by atoms with E-state index in [0.717, 1.165) is 37.4 Å². The first-order chi connectivity index (χ1) is 11.0. The molecule has 1 saturated heterocycles. The van der Waals surface area contributed by atoms with Gasteiger partial charge in [0.05, 0.1) is 6.54 Å². The van der Waals surface area contributed by atoms with Crippen molar-refractivity contribution in [2.45, 2.75) is 45.1 Å². The highest BCUT2D eigenvalue weighted by Gasteiger charge is 2.25. The van der Waals surface area contributed by atoms with E-state index < -0.39 is 5.91 Å². The second kappa shape index (κ2) is 6.49. The molecule has 23 heavy (non-hydrogen) atoms. The Balaban J connectivity index is 1.64. The molecular weight excluding hydrogens is 296 g/mol. The smallest absolute Gasteiger partial charge is 0.269 e. The fourth-order valence-electron chi connectivity index (χ4n) is 2.89. The number of H-pyrrole nitrogens is 1. The van der Waals surface area contributed by atoms with Gasteiger partial charge in [0.25, 0.3) is 5.91 Å². The number of piperidine rings is 1. The van der Waals surface area contributed by atoms with Crippen molar-refractivity contribution < 1.29 is 9.32 Å². The topological polar surface area (TPSA) is 114 Å². The molecule has 0 bridgehead atoms. The van der Waals surface area contributed by atoms with Crippen LogP contribution in [0.3, 0.4) is 0 Å². The number of nitrogens with two attached hydrogens (primary N) is 1. The summed E-state index contributed by atoms with van der Waals surface area (Å²) in [5.41, 5.74) is 6.50. The van der Waals surface area contributed by atoms with Gasteiger partial charge in [-0.05, 0) is 25.5 Å². The predicted molar refractivity (Wildman–Crippen MR) is 82.7 cm³/mol. The number of hydrogen-bond acceptors (Lipinski definition) is 6. The van der Waals surface area contributed by atoms with Crippen molar-refractivity contribution in [3.05, 3.63) is 29.2 Å². The van der Waals surface area contributed by atoms with Crippen molar-refractivity contribution in [2.24, 2.45) is 5.73 Å². The second-order valence-electron chi connectivity index (χ2n) is 6.35. The van der Waals surface area contributed by atoms with E-state index in [4.69, 9.17) is 10.3 Å². The maximum absolute atomic E-state index is 11.2. The van der Waals surface area contributed by atoms with Gasteiger partial charge in [-0.1, -0.05) is 19.0 Å². The number of carbonyl (C=O) groups excluding carboxylic acids is 1. The minimum atomic E-state index is -0.506. The predicted octanol–water partition coefficient (Wildman–Crippen LogP) is 1.39. The first-order valence-corrected chi connectivity index (χ1v) is 7.93. The average Bonchev–Trinajstić information content (AvgIpc) is 3.16. The summed E-state index contributed by atoms with van der Waals surface area (Å²) in [5.74, 6) is 1.43. The highest BCUT2D eigenvalue weighted by atomic mass is 16.5. The van der Waals surface area contributed by atoms with Gasteiger partial charge in [0, 0.05) is 24.1 Å². The van der Waals surface area contributed by atoms with E-state index in [1.807, 2.05) is 13.8 Å². The lowest BCUT2D eigenvalue weighted by atomic mass is 9.94. The van der Waals surface area contributed by atoms with Crippen LogP contribution in [0, 0.1) is 0 Å². The standard InChI is InChI=1S/C15H22N6O2/c1-9(2)15-17-13(20-23-15)8-21-5-3-4-10(7-21)11-6-12(14(16)22)19-18-11/h6,9-10H,3-5,7-8H2,1-2H3,(H2,16,22)(H,18,19)/t10-/m0/s1. The van der Waals surface area contributed by atoms with Gasteiger partial charge >= 0.3 is 0 Å². The number of nitrogens with one attached hydrogen (secondary N) is 1. The molecule has 124 valence electrons. The number of carbonyl (C=O) groups is 1. The Kier molecular flexibility index (Phi) is 4.42. The van der Waals surface area contributed by atoms with Gasteiger partial charge in [0.2, 0.25) is 5.89 Å². The van der Waals surface area contributed by atoms with E-state index in [2.05, 4.69) is 25.2 Å². The lowest BCUT2D eigenvalue weighted by Crippen LogP contribution is -2.34. The molecule has 0 aliphatic carbocycles. The second-order valence-corrected chi connectivity index (χ2v) is 6.35. The highest BCUT2D eigenvalue weighted by Crippen LogP contribution is 2.26. The first kappa shape index (κ1) is 15.7. The Labute approximate surface area is 134 Å². The van der Waals surface area contributed by atoms with Gasteiger partial charge in [-0.3, -0.25) is 14.8 Å². The van der Waals surface area contributed by atoms with Crippen LogP contribution in [-0.2, 0) is 6.54 Å². The zero-order chi connectivity index (χ0) is 16.4. The molecule has 1 amide bonds. The third kappa shape index (κ3) is 3.58. The molecule has 0 radical (unpaired) electrons. The fourth-order valence-corrected chi connectivity index (χ4v) is 2.89. The van der Waals surface area contributed by atoms with Gasteiger partial charge in [-0.25, -0.2) is 0 Å². The summed E-state index contributed by atoms with van der Waals surface area (Å²) >= 11 is 0. The summed E-state index contributed by atoms with van der Waals surface area (Å²) < 4.78 is 5.25. The quantitative estimate of drug-likeness (QED) is 0.861. The number of aromatic amines is 1. The van der Waals surface area contributed by atoms with Crippen LogP contribution in [0.2, 0.25) is 0 Å². The van der Waals surface area contributed by atoms with E-state index in [1.165, 1.54) is 0 Å². The molecule has 0 saturated carbocycles. The largest absolute Gasteiger partial charge is 0.364 e. The number of rotatable bonds is 5. The Hall–Kier alpha value is -2.22. The van der Waals surface area contributed by atoms with Gasteiger partial charge in [-0.15, -0.1) is 0 Å². The third-order valence-electron chi connectivity index (χ3n) is 4.14. The van der Waals surface area contributed by atoms with Gasteiger partial charge in [0.1, 0.15) is 5.69 Å². The van der Waals surface area contributed by atoms with Crippen molar-refractivity contribution in [3.63, 3.8) is 0 Å². The molecule has 3 heterocycles. The highest BCUT2D eigenvalue weighted by molar-refractivity contribution is 5.90. The van der Waals surface area contributed by atoms with Crippen LogP contribution < -0.4 is 5.73 Å². The fraction of sp³-hybridized carbons (Fsp3) is 0.600. The summed E-state index contributed by atoms with van der Waals surface area (Å²) in [7, 11) is 0. The molecule has 0 unspecified atom stereocenters. The lowest BCUT2D eigenvalue weighted by molar-refractivity contribution is 0.0995.